The third kappa shape index (κ3) is 16.6. The molecule has 0 radical (unpaired) electrons. The van der Waals surface area contributed by atoms with Crippen molar-refractivity contribution >= 4 is 68.4 Å². The van der Waals surface area contributed by atoms with Crippen LogP contribution < -0.4 is 24.4 Å². The van der Waals surface area contributed by atoms with Gasteiger partial charge in [0.25, 0.3) is 0 Å². The molecule has 3 heterocycles. The number of carbonyl (C=O) groups excluding carboxylic acids is 2. The molecule has 8 atom stereocenters. The fourth-order valence-electron chi connectivity index (χ4n) is 12.9. The van der Waals surface area contributed by atoms with Crippen molar-refractivity contribution in [3.8, 4) is 34.4 Å². The molecule has 2 aromatic heterocycles. The van der Waals surface area contributed by atoms with Gasteiger partial charge in [0.2, 0.25) is 11.8 Å². The molecule has 490 valence electrons. The number of hydrogen-bond acceptors (Lipinski definition) is 15. The molecule has 4 aromatic carbocycles. The summed E-state index contributed by atoms with van der Waals surface area (Å²) in [6, 6.07) is 21.4. The second kappa shape index (κ2) is 28.2. The Balaban J connectivity index is 0.000000182. The minimum Gasteiger partial charge on any atom is -0.494 e. The van der Waals surface area contributed by atoms with Gasteiger partial charge in [-0.1, -0.05) is 30.4 Å². The summed E-state index contributed by atoms with van der Waals surface area (Å²) in [4.78, 5) is 32.6. The van der Waals surface area contributed by atoms with Crippen molar-refractivity contribution in [1.29, 1.82) is 0 Å². The number of benzene rings is 4. The first-order valence-corrected chi connectivity index (χ1v) is 35.6. The van der Waals surface area contributed by atoms with Crippen LogP contribution in [-0.4, -0.2) is 109 Å². The number of rotatable bonds is 21. The van der Waals surface area contributed by atoms with Crippen molar-refractivity contribution in [1.82, 2.24) is 9.97 Å². The zero-order valence-electron chi connectivity index (χ0n) is 53.8. The highest BCUT2D eigenvalue weighted by Gasteiger charge is 2.61. The smallest absolute Gasteiger partial charge is 0.494 e. The molecule has 2 unspecified atom stereocenters. The number of aryl methyl sites for hydroxylation is 4. The fourth-order valence-corrected chi connectivity index (χ4v) is 14.6. The van der Waals surface area contributed by atoms with Gasteiger partial charge >= 0.3 is 13.1 Å². The van der Waals surface area contributed by atoms with Crippen molar-refractivity contribution in [3.63, 3.8) is 0 Å². The molecular formula is C69H86B2BrF2N2O13S2-. The molecule has 0 N–H and O–H groups in total. The molecular weight excluding hydrogens is 1270 g/mol. The first-order valence-electron chi connectivity index (χ1n) is 30.7. The van der Waals surface area contributed by atoms with Gasteiger partial charge in [0.15, 0.2) is 0 Å². The molecule has 4 aliphatic carbocycles. The Morgan fingerprint density at radius 3 is 1.57 bits per heavy atom. The van der Waals surface area contributed by atoms with Gasteiger partial charge in [-0.15, -0.1) is 0 Å². The molecule has 1 saturated heterocycles. The van der Waals surface area contributed by atoms with Gasteiger partial charge in [-0.25, -0.2) is 35.6 Å². The van der Waals surface area contributed by atoms with Crippen LogP contribution in [0.4, 0.5) is 8.78 Å². The van der Waals surface area contributed by atoms with E-state index in [-0.39, 0.29) is 72.3 Å². The number of pyridine rings is 2. The third-order valence-electron chi connectivity index (χ3n) is 18.1. The maximum atomic E-state index is 15.0. The number of aromatic nitrogens is 2. The zero-order chi connectivity index (χ0) is 65.5. The van der Waals surface area contributed by atoms with E-state index in [9.17, 15) is 35.2 Å². The fraction of sp³-hybridized carbons (Fsp3) is 0.478. The average molecular weight is 1360 g/mol. The van der Waals surface area contributed by atoms with Crippen molar-refractivity contribution in [2.24, 2.45) is 23.7 Å². The van der Waals surface area contributed by atoms with E-state index < -0.39 is 39.0 Å². The largest absolute Gasteiger partial charge is 0.495 e. The molecule has 11 rings (SSSR count). The molecule has 0 bridgehead atoms. The van der Waals surface area contributed by atoms with Gasteiger partial charge in [-0.3, -0.25) is 9.59 Å². The normalized spacial score (nSPS) is 20.7. The van der Waals surface area contributed by atoms with E-state index >= 15 is 0 Å². The molecule has 2 saturated carbocycles. The number of ketones is 1. The quantitative estimate of drug-likeness (QED) is 0.0375. The van der Waals surface area contributed by atoms with Gasteiger partial charge in [0.05, 0.1) is 48.4 Å². The molecule has 5 aliphatic rings. The third-order valence-corrected chi connectivity index (χ3v) is 20.7. The van der Waals surface area contributed by atoms with E-state index in [1.165, 1.54) is 30.2 Å². The number of esters is 1. The number of nitrogens with zero attached hydrogens (tertiary/aromatic N) is 2. The monoisotopic (exact) mass is 1350 g/mol. The number of ether oxygens (including phenoxy) is 5. The minimum absolute atomic E-state index is 0. The first kappa shape index (κ1) is 70.7. The van der Waals surface area contributed by atoms with Crippen LogP contribution in [0.3, 0.4) is 0 Å². The van der Waals surface area contributed by atoms with Crippen LogP contribution in [0.5, 0.6) is 23.3 Å². The first-order chi connectivity index (χ1) is 42.2. The van der Waals surface area contributed by atoms with Crippen molar-refractivity contribution in [2.75, 3.05) is 43.8 Å². The van der Waals surface area contributed by atoms with Gasteiger partial charge < -0.3 is 33.0 Å². The van der Waals surface area contributed by atoms with Crippen molar-refractivity contribution < 1.29 is 68.2 Å². The Labute approximate surface area is 546 Å². The SMILES string of the molecule is CC(=O)[C@H]1[C@@H]2Cc3cc(OC(C)c4cc(-c5c(C)cc(OCCCS(C)(=O)=O)cc5C)ccc4F)ncc3[C@@H]21.CCOC(=O)[C@H]1[C@@H]2Cc3cc(OC(C)c4cc(Br)ccc4F)ncc3[C@@H]21.Cc1cc(OCCCS(C)(=O)=O)cc(C)c1B1OC(C)(C)C(C)(C)O1.[BH4-]. The van der Waals surface area contributed by atoms with Crippen LogP contribution in [0.2, 0.25) is 0 Å². The summed E-state index contributed by atoms with van der Waals surface area (Å²) in [5.41, 5.74) is 11.7. The number of sulfone groups is 2. The lowest BCUT2D eigenvalue weighted by Crippen LogP contribution is -2.41. The Morgan fingerprint density at radius 1 is 0.670 bits per heavy atom. The summed E-state index contributed by atoms with van der Waals surface area (Å²) in [6.45, 7) is 24.3. The van der Waals surface area contributed by atoms with Crippen LogP contribution >= 0.6 is 15.9 Å². The predicted molar refractivity (Wildman–Crippen MR) is 359 cm³/mol. The van der Waals surface area contributed by atoms with Crippen LogP contribution in [0, 0.1) is 63.0 Å². The van der Waals surface area contributed by atoms with E-state index in [4.69, 9.17) is 33.0 Å². The highest BCUT2D eigenvalue weighted by molar-refractivity contribution is 9.10. The topological polar surface area (TPSA) is 193 Å². The summed E-state index contributed by atoms with van der Waals surface area (Å²) in [5, 5.41) is 0. The highest BCUT2D eigenvalue weighted by atomic mass is 79.9. The van der Waals surface area contributed by atoms with E-state index in [1.54, 1.807) is 38.2 Å². The molecule has 3 fully saturated rings. The number of Topliss-reactive ketones (excluding diaryl/α,β-unsaturated/α-hetero) is 1. The summed E-state index contributed by atoms with van der Waals surface area (Å²) in [7, 11) is -6.36. The second-order valence-corrected chi connectivity index (χ2v) is 31.2. The van der Waals surface area contributed by atoms with Gasteiger partial charge in [0, 0.05) is 64.5 Å². The molecule has 22 heteroatoms. The van der Waals surface area contributed by atoms with E-state index in [2.05, 4.69) is 25.9 Å². The molecule has 1 aliphatic heterocycles. The number of carbonyl (C=O) groups is 2. The lowest BCUT2D eigenvalue weighted by Gasteiger charge is -2.32. The number of hydrogen-bond donors (Lipinski definition) is 0. The second-order valence-electron chi connectivity index (χ2n) is 25.7. The minimum atomic E-state index is -3.02. The lowest BCUT2D eigenvalue weighted by molar-refractivity contribution is -0.145. The van der Waals surface area contributed by atoms with Gasteiger partial charge in [0.1, 0.15) is 60.8 Å². The van der Waals surface area contributed by atoms with Crippen LogP contribution in [0.1, 0.15) is 148 Å². The Hall–Kier alpha value is -6.19. The summed E-state index contributed by atoms with van der Waals surface area (Å²) >= 11 is 3.35. The summed E-state index contributed by atoms with van der Waals surface area (Å²) < 4.78 is 116. The van der Waals surface area contributed by atoms with E-state index in [0.717, 1.165) is 78.6 Å². The number of halogens is 3. The summed E-state index contributed by atoms with van der Waals surface area (Å²) in [5.74, 6) is 3.40. The molecule has 15 nitrogen and oxygen atoms in total. The van der Waals surface area contributed by atoms with Crippen LogP contribution in [0.25, 0.3) is 11.1 Å². The molecule has 0 amide bonds. The van der Waals surface area contributed by atoms with Gasteiger partial charge in [-0.05, 0) is 242 Å². The summed E-state index contributed by atoms with van der Waals surface area (Å²) in [6.07, 6.45) is 7.64. The van der Waals surface area contributed by atoms with Gasteiger partial charge in [-0.2, -0.15) is 0 Å². The Morgan fingerprint density at radius 2 is 1.11 bits per heavy atom. The maximum absolute atomic E-state index is 15.0. The van der Waals surface area contributed by atoms with Crippen LogP contribution in [-0.2, 0) is 56.2 Å². The molecule has 6 aromatic rings. The van der Waals surface area contributed by atoms with E-state index in [1.807, 2.05) is 118 Å². The average Bonchev–Trinajstić information content (AvgIpc) is 1.67. The Kier molecular flexibility index (Phi) is 21.9. The molecule has 91 heavy (non-hydrogen) atoms. The zero-order valence-corrected chi connectivity index (χ0v) is 57.0. The Bertz CT molecular complexity index is 3880. The lowest BCUT2D eigenvalue weighted by atomic mass is 9.73. The molecule has 0 spiro atoms. The highest BCUT2D eigenvalue weighted by Crippen LogP contribution is 2.63. The maximum Gasteiger partial charge on any atom is 0.495 e. The van der Waals surface area contributed by atoms with Crippen molar-refractivity contribution in [3.05, 3.63) is 157 Å². The van der Waals surface area contributed by atoms with Crippen molar-refractivity contribution in [2.45, 2.75) is 144 Å². The standard InChI is InChI=1S/C31H34FNO5S.C20H19BrFNO3.C18H29BO5S.BH4/c1-17-11-23(37-9-6-10-39(5,35)36)12-18(2)29(17)21-7-8-27(32)24(13-21)20(4)38-28-15-22-14-25-30(19(3)34)31(25)26(22)16-33-28;1-3-25-20(24)19-14-6-11-7-17(23-9-15(11)18(14)19)26-10(2)13-8-12(21)4-5-16(13)22;1-13-11-15(22-9-8-10-25(7,20)21)12-14(2)16(13)19-23-17(3,4)18(5,6)24-19;/h7-8,11-13,15-16,20,25,30-31H,6,9-10,14H2,1-5H3;4-5,7-10,14,18-19H,3,6H2,1-2H3;11-12H,8-10H2,1-7H3;1H4/q;;;-1/t20?,25-,30-,31+;10?,14-,18-,19+;;/m01../s1. The van der Waals surface area contributed by atoms with E-state index in [0.29, 0.717) is 79.1 Å². The van der Waals surface area contributed by atoms with Crippen LogP contribution in [0.15, 0.2) is 89.7 Å². The number of fused-ring (bicyclic) bond motifs is 6. The predicted octanol–water partition coefficient (Wildman–Crippen LogP) is 11.5.